The van der Waals surface area contributed by atoms with Crippen LogP contribution in [0.3, 0.4) is 0 Å². The van der Waals surface area contributed by atoms with Gasteiger partial charge in [0.1, 0.15) is 5.82 Å². The standard InChI is InChI=1S/C25H31ClN6O3/c1-17(2)28-24(33)15-23-29-32(25(34)31(23)21-6-4-5-20(26)14-21)22-8-7-19(16-27-22)13-18(3)30-9-11-35-12-10-30/h4-8,14,16-18H,9-13,15H2,1-3H3,(H,28,33). The number of ether oxygens (including phenoxy) is 1. The number of benzene rings is 1. The number of nitrogens with zero attached hydrogens (tertiary/aromatic N) is 5. The molecule has 0 bridgehead atoms. The van der Waals surface area contributed by atoms with E-state index in [-0.39, 0.29) is 18.4 Å². The number of pyridine rings is 1. The van der Waals surface area contributed by atoms with Gasteiger partial charge in [-0.15, -0.1) is 5.10 Å². The summed E-state index contributed by atoms with van der Waals surface area (Å²) in [5.41, 5.74) is 1.20. The molecule has 2 aromatic heterocycles. The number of amides is 1. The lowest BCUT2D eigenvalue weighted by Crippen LogP contribution is -2.43. The molecule has 4 rings (SSSR count). The molecule has 0 aliphatic carbocycles. The number of carbonyl (C=O) groups excluding carboxylic acids is 1. The predicted octanol–water partition coefficient (Wildman–Crippen LogP) is 2.40. The quantitative estimate of drug-likeness (QED) is 0.512. The van der Waals surface area contributed by atoms with Gasteiger partial charge in [0.2, 0.25) is 5.91 Å². The molecule has 1 aromatic carbocycles. The molecule has 3 heterocycles. The van der Waals surface area contributed by atoms with E-state index in [1.165, 1.54) is 9.25 Å². The molecule has 1 N–H and O–H groups in total. The number of halogens is 1. The average molecular weight is 499 g/mol. The molecule has 10 heteroatoms. The third kappa shape index (κ3) is 6.17. The first-order valence-electron chi connectivity index (χ1n) is 11.8. The van der Waals surface area contributed by atoms with Crippen molar-refractivity contribution >= 4 is 17.5 Å². The van der Waals surface area contributed by atoms with Gasteiger partial charge < -0.3 is 10.1 Å². The molecular weight excluding hydrogens is 468 g/mol. The van der Waals surface area contributed by atoms with Gasteiger partial charge in [0.05, 0.1) is 25.3 Å². The molecule has 1 unspecified atom stereocenters. The van der Waals surface area contributed by atoms with Gasteiger partial charge in [-0.3, -0.25) is 9.69 Å². The maximum Gasteiger partial charge on any atom is 0.356 e. The van der Waals surface area contributed by atoms with Crippen molar-refractivity contribution in [3.05, 3.63) is 69.5 Å². The Bertz CT molecular complexity index is 1210. The number of aromatic nitrogens is 4. The van der Waals surface area contributed by atoms with E-state index in [9.17, 15) is 9.59 Å². The Kier molecular flexibility index (Phi) is 8.00. The Morgan fingerprint density at radius 2 is 1.94 bits per heavy atom. The molecule has 1 saturated heterocycles. The van der Waals surface area contributed by atoms with Gasteiger partial charge in [0.25, 0.3) is 0 Å². The second kappa shape index (κ2) is 11.2. The first-order chi connectivity index (χ1) is 16.8. The Hall–Kier alpha value is -3.01. The molecule has 1 fully saturated rings. The first-order valence-corrected chi connectivity index (χ1v) is 12.2. The van der Waals surface area contributed by atoms with Crippen molar-refractivity contribution in [1.82, 2.24) is 29.5 Å². The monoisotopic (exact) mass is 498 g/mol. The summed E-state index contributed by atoms with van der Waals surface area (Å²) in [6.45, 7) is 9.34. The fraction of sp³-hybridized carbons (Fsp3) is 0.440. The number of carbonyl (C=O) groups is 1. The Morgan fingerprint density at radius 1 is 1.17 bits per heavy atom. The number of rotatable bonds is 8. The molecular formula is C25H31ClN6O3. The zero-order valence-corrected chi connectivity index (χ0v) is 21.0. The molecule has 186 valence electrons. The fourth-order valence-electron chi connectivity index (χ4n) is 4.21. The summed E-state index contributed by atoms with van der Waals surface area (Å²) in [6, 6.07) is 11.0. The van der Waals surface area contributed by atoms with Crippen molar-refractivity contribution in [2.24, 2.45) is 0 Å². The lowest BCUT2D eigenvalue weighted by atomic mass is 10.1. The minimum absolute atomic E-state index is 0.0232. The van der Waals surface area contributed by atoms with Crippen LogP contribution in [-0.4, -0.2) is 68.5 Å². The number of morpholine rings is 1. The van der Waals surface area contributed by atoms with E-state index in [0.717, 1.165) is 38.3 Å². The highest BCUT2D eigenvalue weighted by atomic mass is 35.5. The van der Waals surface area contributed by atoms with Gasteiger partial charge in [-0.05, 0) is 57.0 Å². The maximum absolute atomic E-state index is 13.4. The van der Waals surface area contributed by atoms with Crippen molar-refractivity contribution < 1.29 is 9.53 Å². The van der Waals surface area contributed by atoms with Gasteiger partial charge in [-0.25, -0.2) is 14.3 Å². The Labute approximate surface area is 209 Å². The van der Waals surface area contributed by atoms with Crippen molar-refractivity contribution in [1.29, 1.82) is 0 Å². The topological polar surface area (TPSA) is 94.3 Å². The zero-order chi connectivity index (χ0) is 24.9. The highest BCUT2D eigenvalue weighted by Crippen LogP contribution is 2.16. The van der Waals surface area contributed by atoms with Crippen LogP contribution < -0.4 is 11.0 Å². The second-order valence-corrected chi connectivity index (χ2v) is 9.49. The summed E-state index contributed by atoms with van der Waals surface area (Å²) < 4.78 is 8.08. The second-order valence-electron chi connectivity index (χ2n) is 9.05. The van der Waals surface area contributed by atoms with E-state index in [4.69, 9.17) is 16.3 Å². The number of hydrogen-bond acceptors (Lipinski definition) is 6. The molecule has 1 aliphatic heterocycles. The highest BCUT2D eigenvalue weighted by molar-refractivity contribution is 6.30. The third-order valence-electron chi connectivity index (χ3n) is 5.91. The van der Waals surface area contributed by atoms with Crippen LogP contribution in [0.4, 0.5) is 0 Å². The third-order valence-corrected chi connectivity index (χ3v) is 6.14. The van der Waals surface area contributed by atoms with Gasteiger partial charge >= 0.3 is 5.69 Å². The Balaban J connectivity index is 1.62. The lowest BCUT2D eigenvalue weighted by Gasteiger charge is -2.32. The molecule has 1 aliphatic rings. The predicted molar refractivity (Wildman–Crippen MR) is 135 cm³/mol. The van der Waals surface area contributed by atoms with E-state index in [2.05, 4.69) is 27.2 Å². The largest absolute Gasteiger partial charge is 0.379 e. The van der Waals surface area contributed by atoms with Crippen molar-refractivity contribution in [3.63, 3.8) is 0 Å². The average Bonchev–Trinajstić information content (AvgIpc) is 3.15. The van der Waals surface area contributed by atoms with Crippen LogP contribution in [0.15, 0.2) is 47.4 Å². The van der Waals surface area contributed by atoms with Crippen molar-refractivity contribution in [2.75, 3.05) is 26.3 Å². The number of hydrogen-bond donors (Lipinski definition) is 1. The van der Waals surface area contributed by atoms with Crippen LogP contribution in [0.1, 0.15) is 32.2 Å². The molecule has 0 saturated carbocycles. The van der Waals surface area contributed by atoms with Gasteiger partial charge in [0, 0.05) is 36.4 Å². The lowest BCUT2D eigenvalue weighted by molar-refractivity contribution is -0.121. The molecule has 0 spiro atoms. The summed E-state index contributed by atoms with van der Waals surface area (Å²) in [7, 11) is 0. The normalized spacial score (nSPS) is 15.3. The van der Waals surface area contributed by atoms with Crippen molar-refractivity contribution in [3.8, 4) is 11.5 Å². The summed E-state index contributed by atoms with van der Waals surface area (Å²) in [6.07, 6.45) is 2.57. The van der Waals surface area contributed by atoms with Crippen LogP contribution in [0.25, 0.3) is 11.5 Å². The van der Waals surface area contributed by atoms with Gasteiger partial charge in [-0.1, -0.05) is 23.7 Å². The van der Waals surface area contributed by atoms with Crippen LogP contribution in [0.2, 0.25) is 5.02 Å². The molecule has 3 aromatic rings. The van der Waals surface area contributed by atoms with Crippen LogP contribution in [0, 0.1) is 0 Å². The van der Waals surface area contributed by atoms with Crippen molar-refractivity contribution in [2.45, 2.75) is 45.7 Å². The first kappa shape index (κ1) is 25.1. The fourth-order valence-corrected chi connectivity index (χ4v) is 4.40. The zero-order valence-electron chi connectivity index (χ0n) is 20.3. The van der Waals surface area contributed by atoms with E-state index in [1.807, 2.05) is 19.9 Å². The van der Waals surface area contributed by atoms with Crippen LogP contribution >= 0.6 is 11.6 Å². The van der Waals surface area contributed by atoms with E-state index < -0.39 is 5.69 Å². The minimum Gasteiger partial charge on any atom is -0.379 e. The van der Waals surface area contributed by atoms with E-state index >= 15 is 0 Å². The van der Waals surface area contributed by atoms with E-state index in [0.29, 0.717) is 28.4 Å². The maximum atomic E-state index is 13.4. The Morgan fingerprint density at radius 3 is 2.60 bits per heavy atom. The summed E-state index contributed by atoms with van der Waals surface area (Å²) >= 11 is 6.17. The van der Waals surface area contributed by atoms with Gasteiger partial charge in [0.15, 0.2) is 5.82 Å². The molecule has 1 amide bonds. The van der Waals surface area contributed by atoms with Crippen LogP contribution in [0.5, 0.6) is 0 Å². The summed E-state index contributed by atoms with van der Waals surface area (Å²) in [4.78, 5) is 32.8. The molecule has 35 heavy (non-hydrogen) atoms. The van der Waals surface area contributed by atoms with E-state index in [1.54, 1.807) is 36.5 Å². The summed E-state index contributed by atoms with van der Waals surface area (Å²) in [5, 5.41) is 7.80. The number of nitrogens with one attached hydrogen (secondary N) is 1. The van der Waals surface area contributed by atoms with Crippen LogP contribution in [-0.2, 0) is 22.4 Å². The smallest absolute Gasteiger partial charge is 0.356 e. The van der Waals surface area contributed by atoms with Gasteiger partial charge in [-0.2, -0.15) is 4.68 Å². The molecule has 9 nitrogen and oxygen atoms in total. The molecule has 0 radical (unpaired) electrons. The minimum atomic E-state index is -0.415. The SMILES string of the molecule is CC(C)NC(=O)Cc1nn(-c2ccc(CC(C)N3CCOCC3)cn2)c(=O)n1-c1cccc(Cl)c1. The summed E-state index contributed by atoms with van der Waals surface area (Å²) in [5.74, 6) is 0.479. The highest BCUT2D eigenvalue weighted by Gasteiger charge is 2.21. The molecule has 1 atom stereocenters.